The maximum atomic E-state index is 12.5. The summed E-state index contributed by atoms with van der Waals surface area (Å²) < 4.78 is 6.62. The number of esters is 1. The third-order valence-corrected chi connectivity index (χ3v) is 5.58. The van der Waals surface area contributed by atoms with Crippen LogP contribution in [0.25, 0.3) is 10.2 Å². The number of ether oxygens (including phenoxy) is 1. The van der Waals surface area contributed by atoms with Crippen LogP contribution in [-0.2, 0) is 23.0 Å². The minimum absolute atomic E-state index is 0.163. The van der Waals surface area contributed by atoms with E-state index in [1.54, 1.807) is 28.9 Å². The van der Waals surface area contributed by atoms with Crippen molar-refractivity contribution >= 4 is 33.4 Å². The average molecular weight is 387 g/mol. The number of nitrogens with one attached hydrogen (secondary N) is 1. The zero-order valence-electron chi connectivity index (χ0n) is 15.4. The Morgan fingerprint density at radius 1 is 1.33 bits per heavy atom. The fraction of sp³-hybridized carbons (Fsp3) is 0.316. The second-order valence-electron chi connectivity index (χ2n) is 6.34. The van der Waals surface area contributed by atoms with Crippen LogP contribution in [-0.4, -0.2) is 40.4 Å². The highest BCUT2D eigenvalue weighted by Crippen LogP contribution is 2.27. The largest absolute Gasteiger partial charge is 0.508 e. The highest BCUT2D eigenvalue weighted by molar-refractivity contribution is 7.20. The molecule has 1 aromatic carbocycles. The van der Waals surface area contributed by atoms with Crippen LogP contribution >= 0.6 is 11.3 Å². The lowest BCUT2D eigenvalue weighted by Gasteiger charge is -2.15. The van der Waals surface area contributed by atoms with Crippen LogP contribution in [0.15, 0.2) is 30.3 Å². The van der Waals surface area contributed by atoms with Gasteiger partial charge in [0.15, 0.2) is 0 Å². The lowest BCUT2D eigenvalue weighted by Crippen LogP contribution is -2.34. The molecule has 2 heterocycles. The van der Waals surface area contributed by atoms with Crippen LogP contribution in [0.1, 0.15) is 20.9 Å². The van der Waals surface area contributed by atoms with Gasteiger partial charge in [0, 0.05) is 19.0 Å². The maximum Gasteiger partial charge on any atom is 0.310 e. The number of aromatic nitrogens is 2. The smallest absolute Gasteiger partial charge is 0.310 e. The number of nitrogens with zero attached hydrogens (tertiary/aromatic N) is 2. The van der Waals surface area contributed by atoms with Gasteiger partial charge in [-0.2, -0.15) is 5.10 Å². The fourth-order valence-corrected chi connectivity index (χ4v) is 3.98. The zero-order valence-corrected chi connectivity index (χ0v) is 16.2. The summed E-state index contributed by atoms with van der Waals surface area (Å²) in [7, 11) is 3.17. The molecule has 1 amide bonds. The first-order valence-electron chi connectivity index (χ1n) is 8.46. The SMILES string of the molecule is COC(=O)C(CNC(=O)c1cc2c(C)nn(C)c2s1)Cc1ccc(O)cc1. The second-order valence-corrected chi connectivity index (χ2v) is 7.37. The minimum Gasteiger partial charge on any atom is -0.508 e. The number of hydrogen-bond donors (Lipinski definition) is 2. The Hall–Kier alpha value is -2.87. The Morgan fingerprint density at radius 3 is 2.67 bits per heavy atom. The molecule has 3 aromatic rings. The summed E-state index contributed by atoms with van der Waals surface area (Å²) in [5.74, 6) is -0.965. The molecule has 3 rings (SSSR count). The van der Waals surface area contributed by atoms with E-state index >= 15 is 0 Å². The predicted octanol–water partition coefficient (Wildman–Crippen LogP) is 2.41. The van der Waals surface area contributed by atoms with Crippen molar-refractivity contribution in [2.45, 2.75) is 13.3 Å². The molecule has 8 heteroatoms. The Balaban J connectivity index is 1.69. The number of aryl methyl sites for hydroxylation is 2. The van der Waals surface area contributed by atoms with Crippen molar-refractivity contribution in [2.75, 3.05) is 13.7 Å². The van der Waals surface area contributed by atoms with Gasteiger partial charge in [0.05, 0.1) is 23.6 Å². The molecule has 0 aliphatic rings. The molecule has 1 atom stereocenters. The van der Waals surface area contributed by atoms with Gasteiger partial charge in [0.1, 0.15) is 10.6 Å². The molecule has 2 aromatic heterocycles. The van der Waals surface area contributed by atoms with Crippen LogP contribution in [0, 0.1) is 12.8 Å². The van der Waals surface area contributed by atoms with Crippen LogP contribution in [0.2, 0.25) is 0 Å². The minimum atomic E-state index is -0.513. The third kappa shape index (κ3) is 4.11. The van der Waals surface area contributed by atoms with E-state index < -0.39 is 5.92 Å². The monoisotopic (exact) mass is 387 g/mol. The topological polar surface area (TPSA) is 93.5 Å². The van der Waals surface area contributed by atoms with Gasteiger partial charge in [-0.25, -0.2) is 0 Å². The first-order valence-corrected chi connectivity index (χ1v) is 9.27. The van der Waals surface area contributed by atoms with Gasteiger partial charge >= 0.3 is 5.97 Å². The number of aromatic hydroxyl groups is 1. The Morgan fingerprint density at radius 2 is 2.04 bits per heavy atom. The summed E-state index contributed by atoms with van der Waals surface area (Å²) >= 11 is 1.37. The molecule has 142 valence electrons. The number of rotatable bonds is 6. The predicted molar refractivity (Wildman–Crippen MR) is 103 cm³/mol. The van der Waals surface area contributed by atoms with E-state index in [4.69, 9.17) is 4.74 Å². The highest BCUT2D eigenvalue weighted by atomic mass is 32.1. The van der Waals surface area contributed by atoms with Crippen molar-refractivity contribution < 1.29 is 19.4 Å². The Kier molecular flexibility index (Phi) is 5.46. The van der Waals surface area contributed by atoms with Crippen LogP contribution in [0.5, 0.6) is 5.75 Å². The van der Waals surface area contributed by atoms with Crippen molar-refractivity contribution in [3.05, 3.63) is 46.5 Å². The molecule has 1 unspecified atom stereocenters. The van der Waals surface area contributed by atoms with E-state index in [0.29, 0.717) is 11.3 Å². The number of methoxy groups -OCH3 is 1. The van der Waals surface area contributed by atoms with E-state index in [2.05, 4.69) is 10.4 Å². The molecule has 0 bridgehead atoms. The van der Waals surface area contributed by atoms with Crippen LogP contribution in [0.3, 0.4) is 0 Å². The van der Waals surface area contributed by atoms with Crippen molar-refractivity contribution in [3.8, 4) is 5.75 Å². The van der Waals surface area contributed by atoms with Gasteiger partial charge in [0.25, 0.3) is 5.91 Å². The Bertz CT molecular complexity index is 940. The van der Waals surface area contributed by atoms with E-state index in [9.17, 15) is 14.7 Å². The van der Waals surface area contributed by atoms with Gasteiger partial charge in [-0.05, 0) is 37.1 Å². The summed E-state index contributed by atoms with van der Waals surface area (Å²) in [4.78, 5) is 26.1. The summed E-state index contributed by atoms with van der Waals surface area (Å²) in [6.45, 7) is 2.07. The van der Waals surface area contributed by atoms with E-state index in [0.717, 1.165) is 21.5 Å². The maximum absolute atomic E-state index is 12.5. The number of benzene rings is 1. The molecule has 0 aliphatic carbocycles. The van der Waals surface area contributed by atoms with Crippen molar-refractivity contribution in [1.29, 1.82) is 0 Å². The number of phenolic OH excluding ortho intramolecular Hbond substituents is 1. The standard InChI is InChI=1S/C19H21N3O4S/c1-11-15-9-16(27-18(15)22(2)21-11)17(24)20-10-13(19(25)26-3)8-12-4-6-14(23)7-5-12/h4-7,9,13,23H,8,10H2,1-3H3,(H,20,24). The lowest BCUT2D eigenvalue weighted by molar-refractivity contribution is -0.145. The summed E-state index contributed by atoms with van der Waals surface area (Å²) in [6, 6.07) is 8.44. The fourth-order valence-electron chi connectivity index (χ4n) is 2.94. The molecule has 0 radical (unpaired) electrons. The molecule has 0 saturated heterocycles. The molecule has 7 nitrogen and oxygen atoms in total. The first-order chi connectivity index (χ1) is 12.9. The van der Waals surface area contributed by atoms with Gasteiger partial charge in [0.2, 0.25) is 0 Å². The van der Waals surface area contributed by atoms with Gasteiger partial charge < -0.3 is 15.2 Å². The number of hydrogen-bond acceptors (Lipinski definition) is 6. The van der Waals surface area contributed by atoms with Gasteiger partial charge in [-0.15, -0.1) is 11.3 Å². The molecule has 0 spiro atoms. The number of phenols is 1. The van der Waals surface area contributed by atoms with Crippen LogP contribution < -0.4 is 5.32 Å². The summed E-state index contributed by atoms with van der Waals surface area (Å²) in [6.07, 6.45) is 0.405. The molecular formula is C19H21N3O4S. The van der Waals surface area contributed by atoms with Gasteiger partial charge in [-0.1, -0.05) is 12.1 Å². The number of thiophene rings is 1. The van der Waals surface area contributed by atoms with Crippen molar-refractivity contribution in [3.63, 3.8) is 0 Å². The first kappa shape index (κ1) is 18.9. The molecular weight excluding hydrogens is 366 g/mol. The quantitative estimate of drug-likeness (QED) is 0.634. The molecule has 27 heavy (non-hydrogen) atoms. The normalized spacial score (nSPS) is 12.1. The van der Waals surface area contributed by atoms with Gasteiger partial charge in [-0.3, -0.25) is 14.3 Å². The molecule has 2 N–H and O–H groups in total. The third-order valence-electron chi connectivity index (χ3n) is 4.38. The number of carbonyl (C=O) groups is 2. The molecule has 0 aliphatic heterocycles. The second kappa shape index (κ2) is 7.79. The zero-order chi connectivity index (χ0) is 19.6. The summed E-state index contributed by atoms with van der Waals surface area (Å²) in [5.41, 5.74) is 1.75. The summed E-state index contributed by atoms with van der Waals surface area (Å²) in [5, 5.41) is 17.5. The van der Waals surface area contributed by atoms with E-state index in [-0.39, 0.29) is 24.2 Å². The average Bonchev–Trinajstić information content (AvgIpc) is 3.21. The molecule has 0 fully saturated rings. The van der Waals surface area contributed by atoms with Crippen LogP contribution in [0.4, 0.5) is 0 Å². The Labute approximate surface area is 160 Å². The van der Waals surface area contributed by atoms with E-state index in [1.807, 2.05) is 20.0 Å². The van der Waals surface area contributed by atoms with E-state index in [1.165, 1.54) is 18.4 Å². The molecule has 0 saturated carbocycles. The number of carbonyl (C=O) groups excluding carboxylic acids is 2. The number of fused-ring (bicyclic) bond motifs is 1. The highest BCUT2D eigenvalue weighted by Gasteiger charge is 2.22. The van der Waals surface area contributed by atoms with Crippen molar-refractivity contribution in [1.82, 2.24) is 15.1 Å². The lowest BCUT2D eigenvalue weighted by atomic mass is 9.99. The van der Waals surface area contributed by atoms with Crippen molar-refractivity contribution in [2.24, 2.45) is 13.0 Å². The number of amides is 1.